The number of benzene rings is 2. The SMILES string of the molecule is CC(C)c1ccccc1-n1c(SCC(=O)Nc2ccc(OC(F)F)cc2)nnc1-c1cccnc1. The molecule has 0 bridgehead atoms. The van der Waals surface area contributed by atoms with Crippen LogP contribution in [0.4, 0.5) is 14.5 Å². The minimum atomic E-state index is -2.90. The Labute approximate surface area is 205 Å². The average molecular weight is 496 g/mol. The lowest BCUT2D eigenvalue weighted by molar-refractivity contribution is -0.113. The maximum Gasteiger partial charge on any atom is 0.387 e. The lowest BCUT2D eigenvalue weighted by Crippen LogP contribution is -2.14. The lowest BCUT2D eigenvalue weighted by atomic mass is 10.0. The summed E-state index contributed by atoms with van der Waals surface area (Å²) in [4.78, 5) is 16.8. The number of thioether (sulfide) groups is 1. The first-order chi connectivity index (χ1) is 16.9. The van der Waals surface area contributed by atoms with Gasteiger partial charge < -0.3 is 10.1 Å². The topological polar surface area (TPSA) is 81.9 Å². The Morgan fingerprint density at radius 3 is 2.51 bits per heavy atom. The van der Waals surface area contributed by atoms with Gasteiger partial charge in [-0.3, -0.25) is 14.3 Å². The Morgan fingerprint density at radius 1 is 1.06 bits per heavy atom. The summed E-state index contributed by atoms with van der Waals surface area (Å²) in [6.07, 6.45) is 3.42. The van der Waals surface area contributed by atoms with E-state index in [2.05, 4.69) is 45.1 Å². The van der Waals surface area contributed by atoms with Crippen molar-refractivity contribution in [1.29, 1.82) is 0 Å². The molecule has 10 heteroatoms. The molecule has 0 saturated heterocycles. The van der Waals surface area contributed by atoms with Gasteiger partial charge in [-0.1, -0.05) is 43.8 Å². The Morgan fingerprint density at radius 2 is 1.83 bits per heavy atom. The lowest BCUT2D eigenvalue weighted by Gasteiger charge is -2.16. The smallest absolute Gasteiger partial charge is 0.387 e. The van der Waals surface area contributed by atoms with Gasteiger partial charge in [-0.25, -0.2) is 0 Å². The van der Waals surface area contributed by atoms with E-state index in [9.17, 15) is 13.6 Å². The van der Waals surface area contributed by atoms with Crippen LogP contribution in [-0.2, 0) is 4.79 Å². The number of pyridine rings is 1. The van der Waals surface area contributed by atoms with Gasteiger partial charge in [0.2, 0.25) is 5.91 Å². The van der Waals surface area contributed by atoms with Crippen molar-refractivity contribution in [3.8, 4) is 22.8 Å². The molecule has 7 nitrogen and oxygen atoms in total. The van der Waals surface area contributed by atoms with Crippen LogP contribution in [0.3, 0.4) is 0 Å². The molecule has 1 N–H and O–H groups in total. The first-order valence-electron chi connectivity index (χ1n) is 10.8. The summed E-state index contributed by atoms with van der Waals surface area (Å²) in [7, 11) is 0. The molecule has 180 valence electrons. The molecule has 0 radical (unpaired) electrons. The van der Waals surface area contributed by atoms with Crippen molar-refractivity contribution in [3.05, 3.63) is 78.6 Å². The predicted molar refractivity (Wildman–Crippen MR) is 131 cm³/mol. The van der Waals surface area contributed by atoms with E-state index >= 15 is 0 Å². The van der Waals surface area contributed by atoms with E-state index < -0.39 is 6.61 Å². The number of anilines is 1. The van der Waals surface area contributed by atoms with Gasteiger partial charge in [0.1, 0.15) is 5.75 Å². The van der Waals surface area contributed by atoms with E-state index in [0.29, 0.717) is 16.7 Å². The van der Waals surface area contributed by atoms with Crippen molar-refractivity contribution in [3.63, 3.8) is 0 Å². The highest BCUT2D eigenvalue weighted by Gasteiger charge is 2.20. The first-order valence-corrected chi connectivity index (χ1v) is 11.8. The van der Waals surface area contributed by atoms with Gasteiger partial charge in [0.25, 0.3) is 0 Å². The number of aromatic nitrogens is 4. The maximum atomic E-state index is 12.6. The second kappa shape index (κ2) is 11.1. The molecule has 2 aromatic carbocycles. The third kappa shape index (κ3) is 6.02. The van der Waals surface area contributed by atoms with Crippen molar-refractivity contribution < 1.29 is 18.3 Å². The van der Waals surface area contributed by atoms with Crippen LogP contribution in [0.15, 0.2) is 78.2 Å². The van der Waals surface area contributed by atoms with Crippen molar-refractivity contribution in [1.82, 2.24) is 19.7 Å². The molecule has 0 unspecified atom stereocenters. The molecular weight excluding hydrogens is 472 g/mol. The number of hydrogen-bond donors (Lipinski definition) is 1. The highest BCUT2D eigenvalue weighted by Crippen LogP contribution is 2.32. The standard InChI is InChI=1S/C25H23F2N5O2S/c1-16(2)20-7-3-4-8-21(20)32-23(17-6-5-13-28-14-17)30-31-25(32)35-15-22(33)29-18-9-11-19(12-10-18)34-24(26)27/h3-14,16,24H,15H2,1-2H3,(H,29,33). The number of ether oxygens (including phenoxy) is 1. The molecule has 0 atom stereocenters. The fourth-order valence-corrected chi connectivity index (χ4v) is 4.23. The summed E-state index contributed by atoms with van der Waals surface area (Å²) in [5.74, 6) is 0.709. The van der Waals surface area contributed by atoms with Gasteiger partial charge in [-0.05, 0) is 53.9 Å². The highest BCUT2D eigenvalue weighted by molar-refractivity contribution is 7.99. The molecule has 2 aromatic heterocycles. The average Bonchev–Trinajstić information content (AvgIpc) is 3.28. The van der Waals surface area contributed by atoms with Crippen LogP contribution in [0, 0.1) is 0 Å². The van der Waals surface area contributed by atoms with Crippen LogP contribution >= 0.6 is 11.8 Å². The number of amides is 1. The van der Waals surface area contributed by atoms with Crippen molar-refractivity contribution >= 4 is 23.4 Å². The molecule has 0 aliphatic heterocycles. The number of para-hydroxylation sites is 1. The van der Waals surface area contributed by atoms with Gasteiger partial charge in [0, 0.05) is 23.6 Å². The molecule has 1 amide bonds. The Hall–Kier alpha value is -3.79. The molecule has 4 rings (SSSR count). The normalized spacial score (nSPS) is 11.1. The number of carbonyl (C=O) groups excluding carboxylic acids is 1. The van der Waals surface area contributed by atoms with Gasteiger partial charge >= 0.3 is 6.61 Å². The maximum absolute atomic E-state index is 12.6. The summed E-state index contributed by atoms with van der Waals surface area (Å²) in [6, 6.07) is 17.5. The summed E-state index contributed by atoms with van der Waals surface area (Å²) in [6.45, 7) is 1.33. The Balaban J connectivity index is 1.56. The van der Waals surface area contributed by atoms with Gasteiger partial charge in [0.05, 0.1) is 11.4 Å². The number of nitrogens with one attached hydrogen (secondary N) is 1. The van der Waals surface area contributed by atoms with Crippen LogP contribution < -0.4 is 10.1 Å². The Kier molecular flexibility index (Phi) is 7.71. The third-order valence-corrected chi connectivity index (χ3v) is 5.98. The van der Waals surface area contributed by atoms with Crippen molar-refractivity contribution in [2.24, 2.45) is 0 Å². The fraction of sp³-hybridized carbons (Fsp3) is 0.200. The van der Waals surface area contributed by atoms with Gasteiger partial charge in [-0.2, -0.15) is 8.78 Å². The van der Waals surface area contributed by atoms with Crippen molar-refractivity contribution in [2.45, 2.75) is 31.5 Å². The molecule has 4 aromatic rings. The zero-order valence-electron chi connectivity index (χ0n) is 19.1. The first kappa shape index (κ1) is 24.3. The van der Waals surface area contributed by atoms with Crippen LogP contribution in [0.2, 0.25) is 0 Å². The second-order valence-corrected chi connectivity index (χ2v) is 8.78. The van der Waals surface area contributed by atoms with Crippen molar-refractivity contribution in [2.75, 3.05) is 11.1 Å². The molecule has 0 saturated carbocycles. The second-order valence-electron chi connectivity index (χ2n) is 7.84. The van der Waals surface area contributed by atoms with Gasteiger partial charge in [-0.15, -0.1) is 10.2 Å². The summed E-state index contributed by atoms with van der Waals surface area (Å²) < 4.78 is 30.9. The number of nitrogens with zero attached hydrogens (tertiary/aromatic N) is 4. The molecule has 0 spiro atoms. The number of alkyl halides is 2. The van der Waals surface area contributed by atoms with Gasteiger partial charge in [0.15, 0.2) is 11.0 Å². The van der Waals surface area contributed by atoms with Crippen LogP contribution in [0.25, 0.3) is 17.1 Å². The minimum absolute atomic E-state index is 0.0206. The molecule has 0 fully saturated rings. The largest absolute Gasteiger partial charge is 0.435 e. The van der Waals surface area contributed by atoms with E-state index in [1.165, 1.54) is 36.0 Å². The third-order valence-electron chi connectivity index (χ3n) is 5.05. The Bertz CT molecular complexity index is 1280. The van der Waals surface area contributed by atoms with E-state index in [0.717, 1.165) is 16.8 Å². The molecular formula is C25H23F2N5O2S. The quantitative estimate of drug-likeness (QED) is 0.296. The number of rotatable bonds is 9. The number of hydrogen-bond acceptors (Lipinski definition) is 6. The predicted octanol–water partition coefficient (Wildman–Crippen LogP) is 5.78. The number of halogens is 2. The summed E-state index contributed by atoms with van der Waals surface area (Å²) in [5.41, 5.74) is 3.33. The zero-order valence-corrected chi connectivity index (χ0v) is 19.9. The van der Waals surface area contributed by atoms with E-state index in [1.807, 2.05) is 34.9 Å². The monoisotopic (exact) mass is 495 g/mol. The van der Waals surface area contributed by atoms with Crippen LogP contribution in [0.5, 0.6) is 5.75 Å². The van der Waals surface area contributed by atoms with Crippen LogP contribution in [0.1, 0.15) is 25.3 Å². The molecule has 0 aliphatic rings. The molecule has 0 aliphatic carbocycles. The van der Waals surface area contributed by atoms with E-state index in [4.69, 9.17) is 0 Å². The molecule has 2 heterocycles. The van der Waals surface area contributed by atoms with Crippen LogP contribution in [-0.4, -0.2) is 38.0 Å². The summed E-state index contributed by atoms with van der Waals surface area (Å²) >= 11 is 1.25. The van der Waals surface area contributed by atoms with E-state index in [-0.39, 0.29) is 23.3 Å². The minimum Gasteiger partial charge on any atom is -0.435 e. The number of carbonyl (C=O) groups is 1. The fourth-order valence-electron chi connectivity index (χ4n) is 3.49. The zero-order chi connectivity index (χ0) is 24.8. The highest BCUT2D eigenvalue weighted by atomic mass is 32.2. The summed E-state index contributed by atoms with van der Waals surface area (Å²) in [5, 5.41) is 12.1. The molecule has 35 heavy (non-hydrogen) atoms. The van der Waals surface area contributed by atoms with E-state index in [1.54, 1.807) is 12.4 Å².